The number of rotatable bonds is 6. The van der Waals surface area contributed by atoms with Gasteiger partial charge in [-0.05, 0) is 50.6 Å². The predicted molar refractivity (Wildman–Crippen MR) is 117 cm³/mol. The summed E-state index contributed by atoms with van der Waals surface area (Å²) in [5.74, 6) is -0.776. The van der Waals surface area contributed by atoms with Gasteiger partial charge in [-0.25, -0.2) is 14.2 Å². The number of aromatic nitrogens is 1. The Bertz CT molecular complexity index is 1010. The second kappa shape index (κ2) is 9.49. The molecule has 0 aliphatic rings. The number of nitrogens with one attached hydrogen (secondary N) is 4. The SMILES string of the molecule is CN/C=C(\C=N)c1cc(F)c(NC(=O)OC(C)(C)C)c(C(=N)c2ccnc(Cl)c2)c1. The zero-order valence-corrected chi connectivity index (χ0v) is 17.8. The molecule has 0 saturated carbocycles. The number of pyridine rings is 1. The predicted octanol–water partition coefficient (Wildman–Crippen LogP) is 4.85. The van der Waals surface area contributed by atoms with E-state index >= 15 is 4.39 Å². The van der Waals surface area contributed by atoms with E-state index in [4.69, 9.17) is 27.2 Å². The Hall–Kier alpha value is -3.26. The van der Waals surface area contributed by atoms with Crippen molar-refractivity contribution in [2.75, 3.05) is 12.4 Å². The lowest BCUT2D eigenvalue weighted by Gasteiger charge is -2.21. The zero-order valence-electron chi connectivity index (χ0n) is 17.1. The lowest BCUT2D eigenvalue weighted by atomic mass is 9.96. The van der Waals surface area contributed by atoms with Gasteiger partial charge in [-0.15, -0.1) is 0 Å². The van der Waals surface area contributed by atoms with E-state index in [0.29, 0.717) is 16.7 Å². The van der Waals surface area contributed by atoms with Gasteiger partial charge in [0, 0.05) is 42.4 Å². The molecule has 158 valence electrons. The smallest absolute Gasteiger partial charge is 0.412 e. The van der Waals surface area contributed by atoms with Crippen LogP contribution in [0, 0.1) is 16.6 Å². The molecule has 1 heterocycles. The number of halogens is 2. The molecule has 0 spiro atoms. The fraction of sp³-hybridized carbons (Fsp3) is 0.238. The quantitative estimate of drug-likeness (QED) is 0.387. The van der Waals surface area contributed by atoms with Gasteiger partial charge in [-0.3, -0.25) is 10.7 Å². The van der Waals surface area contributed by atoms with Crippen molar-refractivity contribution in [3.63, 3.8) is 0 Å². The van der Waals surface area contributed by atoms with E-state index in [2.05, 4.69) is 15.6 Å². The first-order valence-corrected chi connectivity index (χ1v) is 9.36. The number of hydrogen-bond donors (Lipinski definition) is 4. The minimum absolute atomic E-state index is 0.0834. The molecule has 1 amide bonds. The average Bonchev–Trinajstić information content (AvgIpc) is 2.65. The van der Waals surface area contributed by atoms with E-state index in [0.717, 1.165) is 6.21 Å². The van der Waals surface area contributed by atoms with Crippen molar-refractivity contribution in [2.24, 2.45) is 0 Å². The molecule has 0 bridgehead atoms. The summed E-state index contributed by atoms with van der Waals surface area (Å²) in [6.07, 6.45) is 3.16. The van der Waals surface area contributed by atoms with Crippen LogP contribution in [0.1, 0.15) is 37.5 Å². The van der Waals surface area contributed by atoms with Crippen LogP contribution in [0.5, 0.6) is 0 Å². The summed E-state index contributed by atoms with van der Waals surface area (Å²) >= 11 is 5.93. The highest BCUT2D eigenvalue weighted by atomic mass is 35.5. The van der Waals surface area contributed by atoms with Crippen molar-refractivity contribution < 1.29 is 13.9 Å². The summed E-state index contributed by atoms with van der Waals surface area (Å²) in [5.41, 5.74) is 0.151. The minimum Gasteiger partial charge on any atom is -0.444 e. The van der Waals surface area contributed by atoms with Crippen LogP contribution in [0.25, 0.3) is 5.57 Å². The molecule has 0 radical (unpaired) electrons. The lowest BCUT2D eigenvalue weighted by molar-refractivity contribution is 0.0635. The van der Waals surface area contributed by atoms with Gasteiger partial charge >= 0.3 is 6.09 Å². The number of benzene rings is 1. The Balaban J connectivity index is 2.62. The van der Waals surface area contributed by atoms with E-state index in [-0.39, 0.29) is 22.1 Å². The molecule has 0 unspecified atom stereocenters. The Morgan fingerprint density at radius 3 is 2.53 bits per heavy atom. The van der Waals surface area contributed by atoms with Gasteiger partial charge in [-0.2, -0.15) is 0 Å². The van der Waals surface area contributed by atoms with Crippen LogP contribution >= 0.6 is 11.6 Å². The Kier molecular flexibility index (Phi) is 7.28. The van der Waals surface area contributed by atoms with Crippen molar-refractivity contribution in [3.8, 4) is 0 Å². The van der Waals surface area contributed by atoms with Crippen molar-refractivity contribution in [3.05, 3.63) is 64.3 Å². The first kappa shape index (κ1) is 23.0. The first-order chi connectivity index (χ1) is 14.1. The van der Waals surface area contributed by atoms with Gasteiger partial charge in [0.1, 0.15) is 16.6 Å². The van der Waals surface area contributed by atoms with Crippen LogP contribution in [0.2, 0.25) is 5.15 Å². The highest BCUT2D eigenvalue weighted by molar-refractivity contribution is 6.30. The van der Waals surface area contributed by atoms with Crippen molar-refractivity contribution in [1.82, 2.24) is 10.3 Å². The van der Waals surface area contributed by atoms with Crippen LogP contribution in [-0.2, 0) is 4.74 Å². The van der Waals surface area contributed by atoms with Crippen LogP contribution in [-0.4, -0.2) is 35.7 Å². The van der Waals surface area contributed by atoms with Gasteiger partial charge < -0.3 is 15.5 Å². The molecule has 2 rings (SSSR count). The number of allylic oxidation sites excluding steroid dienone is 1. The molecule has 0 saturated heterocycles. The third-order valence-corrected chi connectivity index (χ3v) is 4.00. The van der Waals surface area contributed by atoms with Crippen LogP contribution in [0.3, 0.4) is 0 Å². The summed E-state index contributed by atoms with van der Waals surface area (Å²) in [4.78, 5) is 16.1. The van der Waals surface area contributed by atoms with E-state index in [1.807, 2.05) is 0 Å². The molecule has 0 atom stereocenters. The summed E-state index contributed by atoms with van der Waals surface area (Å²) in [6, 6.07) is 5.71. The highest BCUT2D eigenvalue weighted by Crippen LogP contribution is 2.28. The first-order valence-electron chi connectivity index (χ1n) is 8.98. The molecule has 1 aromatic heterocycles. The fourth-order valence-corrected chi connectivity index (χ4v) is 2.75. The molecule has 4 N–H and O–H groups in total. The van der Waals surface area contributed by atoms with Gasteiger partial charge in [0.15, 0.2) is 0 Å². The summed E-state index contributed by atoms with van der Waals surface area (Å²) < 4.78 is 20.3. The van der Waals surface area contributed by atoms with Crippen LogP contribution in [0.15, 0.2) is 36.7 Å². The van der Waals surface area contributed by atoms with E-state index < -0.39 is 17.5 Å². The Labute approximate surface area is 179 Å². The zero-order chi connectivity index (χ0) is 22.5. The standard InChI is InChI=1S/C21H23ClFN5O2/c1-21(2,3)30-20(29)28-19-15(18(25)12-5-6-27-17(22)9-12)7-13(8-16(19)23)14(10-24)11-26-4/h5-11,24-26H,1-4H3,(H,28,29)/b14-11+,24-10?,25-18?. The fourth-order valence-electron chi connectivity index (χ4n) is 2.58. The maximum Gasteiger partial charge on any atom is 0.412 e. The molecule has 30 heavy (non-hydrogen) atoms. The van der Waals surface area contributed by atoms with E-state index in [9.17, 15) is 4.79 Å². The number of amides is 1. The van der Waals surface area contributed by atoms with Crippen molar-refractivity contribution in [1.29, 1.82) is 10.8 Å². The monoisotopic (exact) mass is 431 g/mol. The maximum absolute atomic E-state index is 15.1. The molecular formula is C21H23ClFN5O2. The second-order valence-electron chi connectivity index (χ2n) is 7.28. The van der Waals surface area contributed by atoms with Gasteiger partial charge in [0.25, 0.3) is 0 Å². The highest BCUT2D eigenvalue weighted by Gasteiger charge is 2.22. The van der Waals surface area contributed by atoms with Gasteiger partial charge in [0.2, 0.25) is 0 Å². The molecule has 0 fully saturated rings. The average molecular weight is 432 g/mol. The van der Waals surface area contributed by atoms with Crippen LogP contribution < -0.4 is 10.6 Å². The second-order valence-corrected chi connectivity index (χ2v) is 7.67. The summed E-state index contributed by atoms with van der Waals surface area (Å²) in [6.45, 7) is 5.06. The third kappa shape index (κ3) is 5.87. The van der Waals surface area contributed by atoms with Crippen LogP contribution in [0.4, 0.5) is 14.9 Å². The molecule has 0 aliphatic heterocycles. The van der Waals surface area contributed by atoms with E-state index in [1.165, 1.54) is 30.6 Å². The Morgan fingerprint density at radius 2 is 1.97 bits per heavy atom. The number of anilines is 1. The number of hydrogen-bond acceptors (Lipinski definition) is 6. The van der Waals surface area contributed by atoms with Crippen molar-refractivity contribution in [2.45, 2.75) is 26.4 Å². The van der Waals surface area contributed by atoms with E-state index in [1.54, 1.807) is 33.9 Å². The molecular weight excluding hydrogens is 409 g/mol. The lowest BCUT2D eigenvalue weighted by Crippen LogP contribution is -2.28. The molecule has 0 aliphatic carbocycles. The summed E-state index contributed by atoms with van der Waals surface area (Å²) in [7, 11) is 1.65. The molecule has 9 heteroatoms. The Morgan fingerprint density at radius 1 is 1.27 bits per heavy atom. The number of carbonyl (C=O) groups is 1. The summed E-state index contributed by atoms with van der Waals surface area (Å²) in [5, 5.41) is 21.5. The van der Waals surface area contributed by atoms with Crippen molar-refractivity contribution >= 4 is 40.9 Å². The molecule has 7 nitrogen and oxygen atoms in total. The normalized spacial score (nSPS) is 11.6. The number of ether oxygens (including phenoxy) is 1. The van der Waals surface area contributed by atoms with Gasteiger partial charge in [-0.1, -0.05) is 11.6 Å². The largest absolute Gasteiger partial charge is 0.444 e. The molecule has 1 aromatic carbocycles. The topological polar surface area (TPSA) is 111 Å². The van der Waals surface area contributed by atoms with Gasteiger partial charge in [0.05, 0.1) is 11.4 Å². The maximum atomic E-state index is 15.1. The third-order valence-electron chi connectivity index (χ3n) is 3.79. The molecule has 2 aromatic rings. The number of carbonyl (C=O) groups excluding carboxylic acids is 1. The number of nitrogens with zero attached hydrogens (tertiary/aromatic N) is 1. The minimum atomic E-state index is -0.853.